The third kappa shape index (κ3) is 2.70. The van der Waals surface area contributed by atoms with Crippen LogP contribution in [0.1, 0.15) is 16.1 Å². The summed E-state index contributed by atoms with van der Waals surface area (Å²) in [4.78, 5) is 29.0. The van der Waals surface area contributed by atoms with E-state index in [4.69, 9.17) is 10.5 Å². The van der Waals surface area contributed by atoms with Crippen molar-refractivity contribution in [2.45, 2.75) is 6.42 Å². The van der Waals surface area contributed by atoms with Crippen LogP contribution in [0.3, 0.4) is 0 Å². The number of thiophene rings is 1. The fraction of sp³-hybridized carbons (Fsp3) is 0.188. The van der Waals surface area contributed by atoms with Gasteiger partial charge in [-0.15, -0.1) is 11.3 Å². The molecule has 0 spiro atoms. The van der Waals surface area contributed by atoms with Crippen LogP contribution in [0.2, 0.25) is 0 Å². The summed E-state index contributed by atoms with van der Waals surface area (Å²) in [5.74, 6) is -0.233. The molecule has 0 radical (unpaired) electrons. The Balaban J connectivity index is 2.12. The molecule has 7 heteroatoms. The van der Waals surface area contributed by atoms with Crippen molar-refractivity contribution in [2.24, 2.45) is 0 Å². The molecule has 3 aromatic rings. The molecular weight excluding hydrogens is 316 g/mol. The van der Waals surface area contributed by atoms with E-state index in [0.29, 0.717) is 20.8 Å². The first kappa shape index (κ1) is 15.2. The summed E-state index contributed by atoms with van der Waals surface area (Å²) in [5, 5.41) is 1.57. The van der Waals surface area contributed by atoms with Gasteiger partial charge in [0.2, 0.25) is 0 Å². The highest BCUT2D eigenvalue weighted by atomic mass is 32.1. The van der Waals surface area contributed by atoms with Crippen molar-refractivity contribution in [3.05, 3.63) is 29.1 Å². The van der Waals surface area contributed by atoms with Gasteiger partial charge in [0.1, 0.15) is 17.0 Å². The minimum atomic E-state index is -0.588. The number of carbonyl (C=O) groups excluding carboxylic acids is 2. The third-order valence-electron chi connectivity index (χ3n) is 3.51. The molecular formula is C16H14N2O4S. The molecule has 0 bridgehead atoms. The van der Waals surface area contributed by atoms with Crippen LogP contribution in [0.5, 0.6) is 5.75 Å². The molecule has 0 aliphatic rings. The topological polar surface area (TPSA) is 91.5 Å². The maximum Gasteiger partial charge on any atom is 0.313 e. The van der Waals surface area contributed by atoms with Crippen molar-refractivity contribution in [3.63, 3.8) is 0 Å². The predicted octanol–water partition coefficient (Wildman–Crippen LogP) is 2.79. The van der Waals surface area contributed by atoms with E-state index in [9.17, 15) is 9.59 Å². The van der Waals surface area contributed by atoms with Gasteiger partial charge >= 0.3 is 5.97 Å². The molecule has 6 nitrogen and oxygen atoms in total. The summed E-state index contributed by atoms with van der Waals surface area (Å²) in [6.45, 7) is 0. The number of benzene rings is 1. The number of carbonyl (C=O) groups is 2. The normalized spacial score (nSPS) is 10.9. The van der Waals surface area contributed by atoms with Crippen LogP contribution in [0.4, 0.5) is 5.69 Å². The Morgan fingerprint density at radius 1 is 1.26 bits per heavy atom. The number of rotatable bonds is 4. The number of nitrogen functional groups attached to an aromatic ring is 1. The number of fused-ring (bicyclic) bond motifs is 2. The maximum absolute atomic E-state index is 12.2. The molecule has 0 fully saturated rings. The molecule has 1 aromatic carbocycles. The van der Waals surface area contributed by atoms with Gasteiger partial charge in [-0.1, -0.05) is 0 Å². The molecule has 2 aromatic heterocycles. The molecule has 0 aliphatic heterocycles. The molecule has 2 heterocycles. The van der Waals surface area contributed by atoms with E-state index in [1.807, 2.05) is 24.3 Å². The summed E-state index contributed by atoms with van der Waals surface area (Å²) in [5.41, 5.74) is 7.21. The Hall–Kier alpha value is -2.67. The van der Waals surface area contributed by atoms with Crippen LogP contribution in [0.25, 0.3) is 21.1 Å². The minimum Gasteiger partial charge on any atom is -0.497 e. The number of methoxy groups -OCH3 is 2. The Morgan fingerprint density at radius 3 is 2.74 bits per heavy atom. The molecule has 0 saturated heterocycles. The zero-order chi connectivity index (χ0) is 16.6. The Labute approximate surface area is 135 Å². The molecule has 118 valence electrons. The largest absolute Gasteiger partial charge is 0.497 e. The first-order valence-corrected chi connectivity index (χ1v) is 7.62. The van der Waals surface area contributed by atoms with Crippen molar-refractivity contribution >= 4 is 49.9 Å². The van der Waals surface area contributed by atoms with Gasteiger partial charge in [0, 0.05) is 10.8 Å². The van der Waals surface area contributed by atoms with Crippen LogP contribution in [-0.2, 0) is 9.53 Å². The lowest BCUT2D eigenvalue weighted by molar-refractivity contribution is -0.139. The standard InChI is InChI=1S/C16H14N2O4S/c1-21-9-3-4-11-8(5-9)6-10-14(17)15(23-16(10)18-11)12(19)7-13(20)22-2/h3-6H,7,17H2,1-2H3. The summed E-state index contributed by atoms with van der Waals surface area (Å²) in [6.07, 6.45) is -0.332. The van der Waals surface area contributed by atoms with Gasteiger partial charge in [-0.3, -0.25) is 9.59 Å². The molecule has 0 atom stereocenters. The highest BCUT2D eigenvalue weighted by Crippen LogP contribution is 2.35. The molecule has 3 rings (SSSR count). The molecule has 0 amide bonds. The van der Waals surface area contributed by atoms with E-state index in [-0.39, 0.29) is 12.2 Å². The zero-order valence-corrected chi connectivity index (χ0v) is 13.4. The summed E-state index contributed by atoms with van der Waals surface area (Å²) >= 11 is 1.18. The summed E-state index contributed by atoms with van der Waals surface area (Å²) < 4.78 is 9.72. The number of ketones is 1. The number of aromatic nitrogens is 1. The highest BCUT2D eigenvalue weighted by Gasteiger charge is 2.20. The average Bonchev–Trinajstić information content (AvgIpc) is 2.88. The van der Waals surface area contributed by atoms with Crippen LogP contribution in [-0.4, -0.2) is 31.0 Å². The number of hydrogen-bond acceptors (Lipinski definition) is 7. The van der Waals surface area contributed by atoms with Crippen molar-refractivity contribution in [3.8, 4) is 5.75 Å². The quantitative estimate of drug-likeness (QED) is 0.449. The fourth-order valence-electron chi connectivity index (χ4n) is 2.30. The van der Waals surface area contributed by atoms with Gasteiger partial charge in [-0.05, 0) is 24.3 Å². The first-order valence-electron chi connectivity index (χ1n) is 6.80. The second-order valence-electron chi connectivity index (χ2n) is 4.92. The van der Waals surface area contributed by atoms with Gasteiger partial charge in [0.15, 0.2) is 5.78 Å². The van der Waals surface area contributed by atoms with Crippen molar-refractivity contribution in [2.75, 3.05) is 20.0 Å². The van der Waals surface area contributed by atoms with Crippen molar-refractivity contribution < 1.29 is 19.1 Å². The molecule has 0 aliphatic carbocycles. The summed E-state index contributed by atoms with van der Waals surface area (Å²) in [7, 11) is 2.83. The monoisotopic (exact) mass is 330 g/mol. The van der Waals surface area contributed by atoms with Crippen molar-refractivity contribution in [1.29, 1.82) is 0 Å². The minimum absolute atomic E-state index is 0.332. The lowest BCUT2D eigenvalue weighted by Crippen LogP contribution is -2.09. The predicted molar refractivity (Wildman–Crippen MR) is 89.1 cm³/mol. The molecule has 2 N–H and O–H groups in total. The van der Waals surface area contributed by atoms with Crippen LogP contribution < -0.4 is 10.5 Å². The maximum atomic E-state index is 12.2. The second-order valence-corrected chi connectivity index (χ2v) is 5.92. The number of nitrogens with two attached hydrogens (primary N) is 1. The number of Topliss-reactive ketones (excluding diaryl/α,β-unsaturated/α-hetero) is 1. The van der Waals surface area contributed by atoms with Gasteiger partial charge in [0.05, 0.1) is 30.3 Å². The fourth-order valence-corrected chi connectivity index (χ4v) is 3.32. The van der Waals surface area contributed by atoms with E-state index in [1.165, 1.54) is 18.4 Å². The SMILES string of the molecule is COC(=O)CC(=O)c1sc2nc3ccc(OC)cc3cc2c1N. The number of anilines is 1. The number of hydrogen-bond donors (Lipinski definition) is 1. The van der Waals surface area contributed by atoms with E-state index < -0.39 is 5.97 Å². The summed E-state index contributed by atoms with van der Waals surface area (Å²) in [6, 6.07) is 7.40. The Morgan fingerprint density at radius 2 is 2.04 bits per heavy atom. The van der Waals surface area contributed by atoms with Gasteiger partial charge in [0.25, 0.3) is 0 Å². The average molecular weight is 330 g/mol. The van der Waals surface area contributed by atoms with E-state index in [2.05, 4.69) is 9.72 Å². The molecule has 23 heavy (non-hydrogen) atoms. The number of nitrogens with zero attached hydrogens (tertiary/aromatic N) is 1. The smallest absolute Gasteiger partial charge is 0.313 e. The number of pyridine rings is 1. The highest BCUT2D eigenvalue weighted by molar-refractivity contribution is 7.21. The van der Waals surface area contributed by atoms with Crippen molar-refractivity contribution in [1.82, 2.24) is 4.98 Å². The van der Waals surface area contributed by atoms with Gasteiger partial charge < -0.3 is 15.2 Å². The van der Waals surface area contributed by atoms with Crippen LogP contribution in [0, 0.1) is 0 Å². The Bertz CT molecular complexity index is 933. The third-order valence-corrected chi connectivity index (χ3v) is 4.66. The van der Waals surface area contributed by atoms with E-state index in [1.54, 1.807) is 7.11 Å². The van der Waals surface area contributed by atoms with Crippen LogP contribution >= 0.6 is 11.3 Å². The van der Waals surface area contributed by atoms with Gasteiger partial charge in [-0.25, -0.2) is 4.98 Å². The van der Waals surface area contributed by atoms with Gasteiger partial charge in [-0.2, -0.15) is 0 Å². The number of ether oxygens (including phenoxy) is 2. The van der Waals surface area contributed by atoms with E-state index >= 15 is 0 Å². The van der Waals surface area contributed by atoms with Crippen LogP contribution in [0.15, 0.2) is 24.3 Å². The molecule has 0 saturated carbocycles. The number of esters is 1. The first-order chi connectivity index (χ1) is 11.0. The lowest BCUT2D eigenvalue weighted by Gasteiger charge is -2.02. The molecule has 0 unspecified atom stereocenters. The zero-order valence-electron chi connectivity index (χ0n) is 12.6. The second kappa shape index (κ2) is 5.85. The van der Waals surface area contributed by atoms with E-state index in [0.717, 1.165) is 16.7 Å². The Kier molecular flexibility index (Phi) is 3.87. The lowest BCUT2D eigenvalue weighted by atomic mass is 10.1.